The van der Waals surface area contributed by atoms with Crippen molar-refractivity contribution in [2.75, 3.05) is 7.11 Å². The third kappa shape index (κ3) is 4.01. The highest BCUT2D eigenvalue weighted by atomic mass is 16.5. The van der Waals surface area contributed by atoms with Gasteiger partial charge in [-0.05, 0) is 63.1 Å². The van der Waals surface area contributed by atoms with Gasteiger partial charge in [0.25, 0.3) is 5.91 Å². The van der Waals surface area contributed by atoms with Crippen LogP contribution in [0.3, 0.4) is 0 Å². The van der Waals surface area contributed by atoms with E-state index in [4.69, 9.17) is 4.74 Å². The number of ether oxygens (including phenoxy) is 1. The van der Waals surface area contributed by atoms with Crippen molar-refractivity contribution in [2.45, 2.75) is 33.2 Å². The highest BCUT2D eigenvalue weighted by Crippen LogP contribution is 2.23. The normalized spacial score (nSPS) is 12.2. The van der Waals surface area contributed by atoms with Gasteiger partial charge in [0.2, 0.25) is 0 Å². The Morgan fingerprint density at radius 1 is 1.16 bits per heavy atom. The molecule has 1 aromatic carbocycles. The molecule has 4 aromatic rings. The Morgan fingerprint density at radius 2 is 1.90 bits per heavy atom. The van der Waals surface area contributed by atoms with E-state index >= 15 is 0 Å². The molecule has 8 nitrogen and oxygen atoms in total. The van der Waals surface area contributed by atoms with E-state index in [-0.39, 0.29) is 11.9 Å². The largest absolute Gasteiger partial charge is 0.497 e. The maximum atomic E-state index is 12.9. The van der Waals surface area contributed by atoms with Crippen LogP contribution in [0.4, 0.5) is 0 Å². The topological polar surface area (TPSA) is 86.3 Å². The summed E-state index contributed by atoms with van der Waals surface area (Å²) < 4.78 is 8.79. The van der Waals surface area contributed by atoms with Crippen molar-refractivity contribution in [3.05, 3.63) is 65.2 Å². The Kier molecular flexibility index (Phi) is 5.46. The molecule has 0 bridgehead atoms. The summed E-state index contributed by atoms with van der Waals surface area (Å²) in [6.45, 7) is 6.02. The van der Waals surface area contributed by atoms with E-state index in [2.05, 4.69) is 20.5 Å². The van der Waals surface area contributed by atoms with Crippen LogP contribution in [-0.4, -0.2) is 43.4 Å². The van der Waals surface area contributed by atoms with Crippen molar-refractivity contribution in [2.24, 2.45) is 7.05 Å². The van der Waals surface area contributed by atoms with Gasteiger partial charge in [0, 0.05) is 36.6 Å². The van der Waals surface area contributed by atoms with Gasteiger partial charge < -0.3 is 10.1 Å². The van der Waals surface area contributed by atoms with Crippen LogP contribution < -0.4 is 10.1 Å². The molecule has 3 heterocycles. The molecule has 0 aliphatic rings. The number of amides is 1. The molecule has 0 unspecified atom stereocenters. The first kappa shape index (κ1) is 20.6. The van der Waals surface area contributed by atoms with Crippen LogP contribution in [0.25, 0.3) is 16.9 Å². The van der Waals surface area contributed by atoms with Gasteiger partial charge >= 0.3 is 0 Å². The lowest BCUT2D eigenvalue weighted by atomic mass is 10.1. The third-order valence-electron chi connectivity index (χ3n) is 5.52. The number of nitrogens with one attached hydrogen (secondary N) is 1. The van der Waals surface area contributed by atoms with Crippen molar-refractivity contribution in [3.63, 3.8) is 0 Å². The predicted molar refractivity (Wildman–Crippen MR) is 118 cm³/mol. The minimum Gasteiger partial charge on any atom is -0.497 e. The average Bonchev–Trinajstić information content (AvgIpc) is 3.30. The SMILES string of the molecule is COc1ccc(-c2ccnc3cc(C(=O)N[C@@H](C)Cc4c(C)nn(C)c4C)nn23)cc1. The highest BCUT2D eigenvalue weighted by molar-refractivity contribution is 5.93. The Labute approximate surface area is 180 Å². The summed E-state index contributed by atoms with van der Waals surface area (Å²) in [7, 11) is 3.56. The fourth-order valence-electron chi connectivity index (χ4n) is 3.75. The first-order valence-corrected chi connectivity index (χ1v) is 10.2. The van der Waals surface area contributed by atoms with E-state index in [0.29, 0.717) is 17.8 Å². The van der Waals surface area contributed by atoms with Crippen LogP contribution >= 0.6 is 0 Å². The molecule has 0 radical (unpaired) electrons. The van der Waals surface area contributed by atoms with Crippen LogP contribution in [-0.2, 0) is 13.5 Å². The van der Waals surface area contributed by atoms with Crippen LogP contribution in [0.1, 0.15) is 34.4 Å². The lowest BCUT2D eigenvalue weighted by Gasteiger charge is -2.13. The minimum absolute atomic E-state index is 0.0621. The maximum absolute atomic E-state index is 12.9. The van der Waals surface area contributed by atoms with E-state index in [1.54, 1.807) is 23.9 Å². The summed E-state index contributed by atoms with van der Waals surface area (Å²) in [5, 5.41) is 12.0. The summed E-state index contributed by atoms with van der Waals surface area (Å²) >= 11 is 0. The number of carbonyl (C=O) groups excluding carboxylic acids is 1. The van der Waals surface area contributed by atoms with E-state index in [9.17, 15) is 4.79 Å². The lowest BCUT2D eigenvalue weighted by Crippen LogP contribution is -2.34. The summed E-state index contributed by atoms with van der Waals surface area (Å²) in [6.07, 6.45) is 2.43. The molecule has 8 heteroatoms. The Balaban J connectivity index is 1.56. The molecule has 0 saturated heterocycles. The summed E-state index contributed by atoms with van der Waals surface area (Å²) in [5.74, 6) is 0.556. The zero-order chi connectivity index (χ0) is 22.1. The van der Waals surface area contributed by atoms with Gasteiger partial charge in [0.1, 0.15) is 5.75 Å². The van der Waals surface area contributed by atoms with Crippen molar-refractivity contribution in [1.82, 2.24) is 29.7 Å². The first-order chi connectivity index (χ1) is 14.9. The quantitative estimate of drug-likeness (QED) is 0.520. The van der Waals surface area contributed by atoms with Gasteiger partial charge in [-0.2, -0.15) is 10.2 Å². The number of nitrogens with zero attached hydrogens (tertiary/aromatic N) is 5. The molecule has 0 aliphatic heterocycles. The van der Waals surface area contributed by atoms with Crippen molar-refractivity contribution < 1.29 is 9.53 Å². The summed E-state index contributed by atoms with van der Waals surface area (Å²) in [6, 6.07) is 11.2. The molecule has 31 heavy (non-hydrogen) atoms. The molecule has 160 valence electrons. The van der Waals surface area contributed by atoms with E-state index in [1.165, 1.54) is 0 Å². The van der Waals surface area contributed by atoms with E-state index < -0.39 is 0 Å². The second kappa shape index (κ2) is 8.22. The lowest BCUT2D eigenvalue weighted by molar-refractivity contribution is 0.0934. The number of rotatable bonds is 6. The first-order valence-electron chi connectivity index (χ1n) is 10.2. The summed E-state index contributed by atoms with van der Waals surface area (Å²) in [5.41, 5.74) is 6.01. The molecule has 1 amide bonds. The zero-order valence-electron chi connectivity index (χ0n) is 18.4. The maximum Gasteiger partial charge on any atom is 0.272 e. The fraction of sp³-hybridized carbons (Fsp3) is 0.304. The number of methoxy groups -OCH3 is 1. The molecule has 1 N–H and O–H groups in total. The van der Waals surface area contributed by atoms with Gasteiger partial charge in [-0.15, -0.1) is 0 Å². The molecular formula is C23H26N6O2. The van der Waals surface area contributed by atoms with Crippen LogP contribution in [0.5, 0.6) is 5.75 Å². The number of aromatic nitrogens is 5. The number of carbonyl (C=O) groups is 1. The number of benzene rings is 1. The number of hydrogen-bond acceptors (Lipinski definition) is 5. The third-order valence-corrected chi connectivity index (χ3v) is 5.52. The molecular weight excluding hydrogens is 392 g/mol. The molecule has 3 aromatic heterocycles. The number of fused-ring (bicyclic) bond motifs is 1. The number of hydrogen-bond donors (Lipinski definition) is 1. The smallest absolute Gasteiger partial charge is 0.272 e. The standard InChI is InChI=1S/C23H26N6O2/c1-14(12-19-15(2)26-28(4)16(19)3)25-23(30)20-13-22-24-11-10-21(29(22)27-20)17-6-8-18(31-5)9-7-17/h6-11,13-14H,12H2,1-5H3,(H,25,30)/t14-/m0/s1. The predicted octanol–water partition coefficient (Wildman–Crippen LogP) is 3.12. The van der Waals surface area contributed by atoms with Crippen LogP contribution in [0.15, 0.2) is 42.6 Å². The summed E-state index contributed by atoms with van der Waals surface area (Å²) in [4.78, 5) is 17.2. The van der Waals surface area contributed by atoms with Gasteiger partial charge in [-0.1, -0.05) is 0 Å². The average molecular weight is 419 g/mol. The van der Waals surface area contributed by atoms with Crippen molar-refractivity contribution in [3.8, 4) is 17.0 Å². The van der Waals surface area contributed by atoms with Gasteiger partial charge in [0.05, 0.1) is 18.5 Å². The van der Waals surface area contributed by atoms with Crippen molar-refractivity contribution in [1.29, 1.82) is 0 Å². The Morgan fingerprint density at radius 3 is 2.55 bits per heavy atom. The van der Waals surface area contributed by atoms with Crippen LogP contribution in [0, 0.1) is 13.8 Å². The molecule has 0 fully saturated rings. The van der Waals surface area contributed by atoms with Gasteiger partial charge in [-0.3, -0.25) is 9.48 Å². The van der Waals surface area contributed by atoms with Crippen LogP contribution in [0.2, 0.25) is 0 Å². The number of aryl methyl sites for hydroxylation is 2. The monoisotopic (exact) mass is 418 g/mol. The minimum atomic E-state index is -0.224. The molecule has 0 saturated carbocycles. The molecule has 0 spiro atoms. The fourth-order valence-corrected chi connectivity index (χ4v) is 3.75. The van der Waals surface area contributed by atoms with E-state index in [1.807, 2.05) is 62.8 Å². The molecule has 4 rings (SSSR count). The Hall–Kier alpha value is -3.68. The van der Waals surface area contributed by atoms with Crippen molar-refractivity contribution >= 4 is 11.6 Å². The Bertz CT molecular complexity index is 1240. The van der Waals surface area contributed by atoms with Gasteiger partial charge in [-0.25, -0.2) is 9.50 Å². The van der Waals surface area contributed by atoms with Gasteiger partial charge in [0.15, 0.2) is 11.3 Å². The highest BCUT2D eigenvalue weighted by Gasteiger charge is 2.18. The zero-order valence-corrected chi connectivity index (χ0v) is 18.4. The molecule has 0 aliphatic carbocycles. The molecule has 1 atom stereocenters. The van der Waals surface area contributed by atoms with E-state index in [0.717, 1.165) is 34.0 Å². The second-order valence-electron chi connectivity index (χ2n) is 7.71. The second-order valence-corrected chi connectivity index (χ2v) is 7.71.